The molecule has 1 aliphatic rings. The molecule has 26 heavy (non-hydrogen) atoms. The highest BCUT2D eigenvalue weighted by atomic mass is 16.3. The normalized spacial score (nSPS) is 23.0. The highest BCUT2D eigenvalue weighted by Gasteiger charge is 2.31. The van der Waals surface area contributed by atoms with Crippen LogP contribution in [-0.4, -0.2) is 55.3 Å². The van der Waals surface area contributed by atoms with Crippen LogP contribution in [0, 0.1) is 0 Å². The number of hydrogen-bond acceptors (Lipinski definition) is 8. The lowest BCUT2D eigenvalue weighted by Gasteiger charge is -2.45. The summed E-state index contributed by atoms with van der Waals surface area (Å²) in [5.74, 6) is 2.51. The molecule has 0 radical (unpaired) electrons. The second-order valence-electron chi connectivity index (χ2n) is 6.90. The minimum atomic E-state index is -0.691. The minimum absolute atomic E-state index is 0.202. The van der Waals surface area contributed by atoms with Gasteiger partial charge in [-0.2, -0.15) is 0 Å². The van der Waals surface area contributed by atoms with Crippen LogP contribution < -0.4 is 9.80 Å². The first-order valence-corrected chi connectivity index (χ1v) is 8.92. The second-order valence-corrected chi connectivity index (χ2v) is 6.90. The van der Waals surface area contributed by atoms with Gasteiger partial charge in [0, 0.05) is 37.6 Å². The van der Waals surface area contributed by atoms with Gasteiger partial charge in [-0.05, 0) is 39.8 Å². The fourth-order valence-electron chi connectivity index (χ4n) is 3.22. The maximum atomic E-state index is 9.74. The largest absolute Gasteiger partial charge is 0.385 e. The van der Waals surface area contributed by atoms with Crippen molar-refractivity contribution < 1.29 is 10.2 Å². The quantitative estimate of drug-likeness (QED) is 0.848. The fourth-order valence-corrected chi connectivity index (χ4v) is 3.22. The Kier molecular flexibility index (Phi) is 5.33. The van der Waals surface area contributed by atoms with Crippen molar-refractivity contribution in [2.24, 2.45) is 0 Å². The van der Waals surface area contributed by atoms with Gasteiger partial charge in [0.05, 0.1) is 0 Å². The van der Waals surface area contributed by atoms with Crippen molar-refractivity contribution in [2.45, 2.75) is 52.0 Å². The molecule has 3 heterocycles. The molecule has 2 N–H and O–H groups in total. The first-order valence-electron chi connectivity index (χ1n) is 8.92. The predicted octanol–water partition coefficient (Wildman–Crippen LogP) is 1.48. The van der Waals surface area contributed by atoms with Crippen molar-refractivity contribution in [1.29, 1.82) is 0 Å². The SMILES string of the molecule is CC(O)c1nccc(N2CC(C)N(c3ccnc([C@H](C)O)n3)CC2C)n1. The highest BCUT2D eigenvalue weighted by Crippen LogP contribution is 2.26. The van der Waals surface area contributed by atoms with Crippen LogP contribution in [-0.2, 0) is 0 Å². The molecule has 3 rings (SSSR count). The summed E-state index contributed by atoms with van der Waals surface area (Å²) in [4.78, 5) is 21.7. The second kappa shape index (κ2) is 7.51. The van der Waals surface area contributed by atoms with Crippen LogP contribution in [0.15, 0.2) is 24.5 Å². The molecule has 1 aliphatic heterocycles. The van der Waals surface area contributed by atoms with E-state index in [-0.39, 0.29) is 12.1 Å². The van der Waals surface area contributed by atoms with E-state index in [9.17, 15) is 10.2 Å². The van der Waals surface area contributed by atoms with E-state index in [1.807, 2.05) is 12.1 Å². The van der Waals surface area contributed by atoms with E-state index >= 15 is 0 Å². The number of rotatable bonds is 4. The summed E-state index contributed by atoms with van der Waals surface area (Å²) < 4.78 is 0. The molecule has 4 atom stereocenters. The molecule has 2 aromatic rings. The van der Waals surface area contributed by atoms with Gasteiger partial charge in [-0.1, -0.05) is 0 Å². The van der Waals surface area contributed by atoms with Crippen LogP contribution in [0.2, 0.25) is 0 Å². The number of aliphatic hydroxyl groups excluding tert-OH is 2. The summed E-state index contributed by atoms with van der Waals surface area (Å²) in [6.45, 7) is 9.15. The molecule has 8 nitrogen and oxygen atoms in total. The van der Waals surface area contributed by atoms with E-state index in [0.29, 0.717) is 11.6 Å². The van der Waals surface area contributed by atoms with Gasteiger partial charge in [0.25, 0.3) is 0 Å². The Morgan fingerprint density at radius 2 is 1.23 bits per heavy atom. The summed E-state index contributed by atoms with van der Waals surface area (Å²) in [7, 11) is 0. The van der Waals surface area contributed by atoms with Crippen LogP contribution in [0.4, 0.5) is 11.6 Å². The van der Waals surface area contributed by atoms with E-state index < -0.39 is 12.2 Å². The molecule has 0 spiro atoms. The zero-order valence-electron chi connectivity index (χ0n) is 15.6. The van der Waals surface area contributed by atoms with E-state index in [2.05, 4.69) is 43.6 Å². The maximum absolute atomic E-state index is 9.74. The van der Waals surface area contributed by atoms with Gasteiger partial charge in [0.1, 0.15) is 23.8 Å². The standard InChI is InChI=1S/C18H26N6O2/c1-11-9-24(16-6-8-20-18(22-16)14(4)26)12(2)10-23(11)15-5-7-19-17(21-15)13(3)25/h5-8,11-14,25-26H,9-10H2,1-4H3/t11?,12?,13-,14?/m0/s1. The summed E-state index contributed by atoms with van der Waals surface area (Å²) in [6, 6.07) is 4.16. The molecule has 140 valence electrons. The van der Waals surface area contributed by atoms with E-state index in [4.69, 9.17) is 0 Å². The lowest BCUT2D eigenvalue weighted by atomic mass is 10.1. The van der Waals surface area contributed by atoms with Crippen LogP contribution >= 0.6 is 0 Å². The molecule has 3 unspecified atom stereocenters. The summed E-state index contributed by atoms with van der Waals surface area (Å²) in [5.41, 5.74) is 0. The van der Waals surface area contributed by atoms with Gasteiger partial charge in [-0.15, -0.1) is 0 Å². The molecule has 8 heteroatoms. The Hall–Kier alpha value is -2.32. The zero-order valence-corrected chi connectivity index (χ0v) is 15.6. The van der Waals surface area contributed by atoms with Gasteiger partial charge in [0.15, 0.2) is 11.6 Å². The van der Waals surface area contributed by atoms with Gasteiger partial charge in [0.2, 0.25) is 0 Å². The first kappa shape index (κ1) is 18.5. The van der Waals surface area contributed by atoms with Gasteiger partial charge in [-0.3, -0.25) is 0 Å². The van der Waals surface area contributed by atoms with Crippen molar-refractivity contribution in [1.82, 2.24) is 19.9 Å². The van der Waals surface area contributed by atoms with Crippen molar-refractivity contribution in [3.05, 3.63) is 36.2 Å². The maximum Gasteiger partial charge on any atom is 0.158 e. The van der Waals surface area contributed by atoms with E-state index in [0.717, 1.165) is 24.7 Å². The Morgan fingerprint density at radius 3 is 1.58 bits per heavy atom. The summed E-state index contributed by atoms with van der Waals surface area (Å²) in [6.07, 6.45) is 1.99. The number of nitrogens with zero attached hydrogens (tertiary/aromatic N) is 6. The Balaban J connectivity index is 1.81. The smallest absolute Gasteiger partial charge is 0.158 e. The zero-order chi connectivity index (χ0) is 18.8. The van der Waals surface area contributed by atoms with E-state index in [1.54, 1.807) is 26.2 Å². The van der Waals surface area contributed by atoms with Gasteiger partial charge in [-0.25, -0.2) is 19.9 Å². The lowest BCUT2D eigenvalue weighted by Crippen LogP contribution is -2.57. The molecule has 0 aliphatic carbocycles. The molecule has 0 aromatic carbocycles. The van der Waals surface area contributed by atoms with E-state index in [1.165, 1.54) is 0 Å². The Morgan fingerprint density at radius 1 is 0.846 bits per heavy atom. The fraction of sp³-hybridized carbons (Fsp3) is 0.556. The molecule has 2 aromatic heterocycles. The average Bonchev–Trinajstić information content (AvgIpc) is 2.63. The monoisotopic (exact) mass is 358 g/mol. The Labute approximate surface area is 153 Å². The minimum Gasteiger partial charge on any atom is -0.385 e. The predicted molar refractivity (Wildman–Crippen MR) is 98.9 cm³/mol. The third-order valence-corrected chi connectivity index (χ3v) is 4.64. The molecule has 0 saturated carbocycles. The Bertz CT molecular complexity index is 690. The van der Waals surface area contributed by atoms with Gasteiger partial charge >= 0.3 is 0 Å². The van der Waals surface area contributed by atoms with Crippen LogP contribution in [0.5, 0.6) is 0 Å². The summed E-state index contributed by atoms with van der Waals surface area (Å²) >= 11 is 0. The molecular weight excluding hydrogens is 332 g/mol. The summed E-state index contributed by atoms with van der Waals surface area (Å²) in [5, 5.41) is 19.5. The number of anilines is 2. The molecule has 0 amide bonds. The number of piperazine rings is 1. The van der Waals surface area contributed by atoms with Gasteiger partial charge < -0.3 is 20.0 Å². The third kappa shape index (κ3) is 3.76. The molecule has 0 bridgehead atoms. The molecular formula is C18H26N6O2. The van der Waals surface area contributed by atoms with Crippen LogP contribution in [0.1, 0.15) is 51.6 Å². The molecule has 1 saturated heterocycles. The van der Waals surface area contributed by atoms with Crippen molar-refractivity contribution in [2.75, 3.05) is 22.9 Å². The van der Waals surface area contributed by atoms with Crippen LogP contribution in [0.25, 0.3) is 0 Å². The number of hydrogen-bond donors (Lipinski definition) is 2. The lowest BCUT2D eigenvalue weighted by molar-refractivity contribution is 0.188. The third-order valence-electron chi connectivity index (χ3n) is 4.64. The van der Waals surface area contributed by atoms with Crippen molar-refractivity contribution in [3.8, 4) is 0 Å². The van der Waals surface area contributed by atoms with Crippen molar-refractivity contribution >= 4 is 11.6 Å². The topological polar surface area (TPSA) is 98.5 Å². The number of aliphatic hydroxyl groups is 2. The highest BCUT2D eigenvalue weighted by molar-refractivity contribution is 5.47. The van der Waals surface area contributed by atoms with Crippen molar-refractivity contribution in [3.63, 3.8) is 0 Å². The molecule has 1 fully saturated rings. The first-order chi connectivity index (χ1) is 12.4. The number of aromatic nitrogens is 4. The van der Waals surface area contributed by atoms with Crippen LogP contribution in [0.3, 0.4) is 0 Å². The average molecular weight is 358 g/mol.